The molecule has 1 fully saturated rings. The van der Waals surface area contributed by atoms with E-state index in [-0.39, 0.29) is 6.03 Å². The van der Waals surface area contributed by atoms with E-state index in [2.05, 4.69) is 37.8 Å². The maximum absolute atomic E-state index is 11.8. The lowest BCUT2D eigenvalue weighted by molar-refractivity contribution is 0.252. The van der Waals surface area contributed by atoms with E-state index in [9.17, 15) is 4.79 Å². The Kier molecular flexibility index (Phi) is 4.36. The molecule has 0 unspecified atom stereocenters. The smallest absolute Gasteiger partial charge is 0.319 e. The summed E-state index contributed by atoms with van der Waals surface area (Å²) in [6.45, 7) is 2.75. The lowest BCUT2D eigenvalue weighted by atomic mass is 10.2. The van der Waals surface area contributed by atoms with Gasteiger partial charge < -0.3 is 10.6 Å². The van der Waals surface area contributed by atoms with Gasteiger partial charge in [-0.25, -0.2) is 9.78 Å². The van der Waals surface area contributed by atoms with Crippen molar-refractivity contribution in [3.63, 3.8) is 0 Å². The van der Waals surface area contributed by atoms with Crippen LogP contribution in [0.3, 0.4) is 0 Å². The molecular weight excluding hydrogens is 282 g/mol. The second-order valence-corrected chi connectivity index (χ2v) is 5.70. The van der Waals surface area contributed by atoms with E-state index >= 15 is 0 Å². The first-order chi connectivity index (χ1) is 10.7. The molecule has 0 aromatic carbocycles. The van der Waals surface area contributed by atoms with Crippen molar-refractivity contribution in [2.75, 3.05) is 11.9 Å². The van der Waals surface area contributed by atoms with Gasteiger partial charge in [0.25, 0.3) is 0 Å². The molecule has 22 heavy (non-hydrogen) atoms. The molecule has 3 rings (SSSR count). The number of carbonyl (C=O) groups excluding carboxylic acids is 1. The normalized spacial score (nSPS) is 15.5. The van der Waals surface area contributed by atoms with Gasteiger partial charge in [-0.15, -0.1) is 0 Å². The monoisotopic (exact) mass is 303 g/mol. The number of hydrogen-bond acceptors (Lipinski definition) is 4. The summed E-state index contributed by atoms with van der Waals surface area (Å²) in [6, 6.07) is 0.191. The minimum atomic E-state index is -0.212. The summed E-state index contributed by atoms with van der Waals surface area (Å²) in [5.74, 6) is 1.57. The molecule has 118 valence electrons. The number of rotatable bonds is 7. The van der Waals surface area contributed by atoms with Crippen molar-refractivity contribution in [1.82, 2.24) is 30.3 Å². The van der Waals surface area contributed by atoms with Crippen LogP contribution in [0.15, 0.2) is 18.7 Å². The van der Waals surface area contributed by atoms with Gasteiger partial charge in [-0.2, -0.15) is 10.2 Å². The predicted octanol–water partition coefficient (Wildman–Crippen LogP) is 1.73. The highest BCUT2D eigenvalue weighted by molar-refractivity contribution is 5.88. The van der Waals surface area contributed by atoms with E-state index in [1.54, 1.807) is 6.20 Å². The molecule has 2 amide bonds. The molecule has 0 radical (unpaired) electrons. The zero-order valence-electron chi connectivity index (χ0n) is 12.6. The molecule has 2 aromatic rings. The molecule has 8 heteroatoms. The van der Waals surface area contributed by atoms with Crippen LogP contribution in [-0.4, -0.2) is 37.5 Å². The van der Waals surface area contributed by atoms with E-state index in [0.717, 1.165) is 30.3 Å². The van der Waals surface area contributed by atoms with Crippen LogP contribution in [0.2, 0.25) is 0 Å². The summed E-state index contributed by atoms with van der Waals surface area (Å²) in [5, 5.41) is 16.5. The number of hydrogen-bond donors (Lipinski definition) is 3. The fourth-order valence-corrected chi connectivity index (χ4v) is 2.40. The number of amides is 2. The zero-order chi connectivity index (χ0) is 15.4. The van der Waals surface area contributed by atoms with Gasteiger partial charge in [-0.1, -0.05) is 0 Å². The van der Waals surface area contributed by atoms with Gasteiger partial charge in [0, 0.05) is 19.2 Å². The van der Waals surface area contributed by atoms with E-state index in [1.165, 1.54) is 19.2 Å². The molecule has 2 heterocycles. The third kappa shape index (κ3) is 3.84. The molecule has 1 saturated carbocycles. The first-order valence-electron chi connectivity index (χ1n) is 7.65. The Labute approximate surface area is 128 Å². The van der Waals surface area contributed by atoms with Crippen molar-refractivity contribution in [3.8, 4) is 0 Å². The van der Waals surface area contributed by atoms with Crippen LogP contribution in [0.25, 0.3) is 0 Å². The van der Waals surface area contributed by atoms with Crippen LogP contribution in [0, 0.1) is 5.92 Å². The molecular formula is C14H21N7O. The Morgan fingerprint density at radius 2 is 2.41 bits per heavy atom. The zero-order valence-corrected chi connectivity index (χ0v) is 12.6. The van der Waals surface area contributed by atoms with E-state index in [0.29, 0.717) is 12.6 Å². The van der Waals surface area contributed by atoms with Crippen LogP contribution in [0.1, 0.15) is 38.1 Å². The number of aromatic nitrogens is 5. The van der Waals surface area contributed by atoms with Gasteiger partial charge in [-0.3, -0.25) is 9.78 Å². The Bertz CT molecular complexity index is 602. The lowest BCUT2D eigenvalue weighted by Gasteiger charge is -2.09. The number of nitrogens with one attached hydrogen (secondary N) is 3. The van der Waals surface area contributed by atoms with Gasteiger partial charge >= 0.3 is 6.03 Å². The van der Waals surface area contributed by atoms with Crippen LogP contribution >= 0.6 is 0 Å². The summed E-state index contributed by atoms with van der Waals surface area (Å²) in [4.78, 5) is 15.8. The highest BCUT2D eigenvalue weighted by Gasteiger charge is 2.29. The minimum Gasteiger partial charge on any atom is -0.338 e. The van der Waals surface area contributed by atoms with Crippen molar-refractivity contribution in [3.05, 3.63) is 24.5 Å². The van der Waals surface area contributed by atoms with Crippen LogP contribution < -0.4 is 10.6 Å². The topological polar surface area (TPSA) is 101 Å². The van der Waals surface area contributed by atoms with Gasteiger partial charge in [0.2, 0.25) is 0 Å². The van der Waals surface area contributed by atoms with E-state index < -0.39 is 0 Å². The van der Waals surface area contributed by atoms with Crippen molar-refractivity contribution >= 4 is 11.7 Å². The molecule has 2 aromatic heterocycles. The largest absolute Gasteiger partial charge is 0.338 e. The summed E-state index contributed by atoms with van der Waals surface area (Å²) in [7, 11) is 0. The summed E-state index contributed by atoms with van der Waals surface area (Å²) >= 11 is 0. The van der Waals surface area contributed by atoms with Crippen molar-refractivity contribution in [2.24, 2.45) is 5.92 Å². The quantitative estimate of drug-likeness (QED) is 0.678. The fraction of sp³-hybridized carbons (Fsp3) is 0.571. The highest BCUT2D eigenvalue weighted by Crippen LogP contribution is 2.39. The number of anilines is 1. The number of urea groups is 1. The van der Waals surface area contributed by atoms with Crippen molar-refractivity contribution in [1.29, 1.82) is 0 Å². The maximum atomic E-state index is 11.8. The summed E-state index contributed by atoms with van der Waals surface area (Å²) < 4.78 is 1.93. The third-order valence-electron chi connectivity index (χ3n) is 3.92. The number of aryl methyl sites for hydroxylation is 1. The second kappa shape index (κ2) is 6.59. The van der Waals surface area contributed by atoms with Gasteiger partial charge in [0.15, 0.2) is 0 Å². The molecule has 0 aliphatic heterocycles. The first kappa shape index (κ1) is 14.6. The Morgan fingerprint density at radius 1 is 1.55 bits per heavy atom. The molecule has 1 aliphatic carbocycles. The highest BCUT2D eigenvalue weighted by atomic mass is 16.2. The van der Waals surface area contributed by atoms with Crippen molar-refractivity contribution in [2.45, 2.75) is 38.6 Å². The lowest BCUT2D eigenvalue weighted by Crippen LogP contribution is -2.29. The number of H-pyrrole nitrogens is 1. The summed E-state index contributed by atoms with van der Waals surface area (Å²) in [5.41, 5.74) is 0.722. The Hall–Kier alpha value is -2.38. The first-order valence-corrected chi connectivity index (χ1v) is 7.65. The molecule has 1 atom stereocenters. The molecule has 0 spiro atoms. The third-order valence-corrected chi connectivity index (χ3v) is 3.92. The molecule has 0 bridgehead atoms. The minimum absolute atomic E-state index is 0.212. The molecule has 1 aliphatic rings. The average Bonchev–Trinajstić information content (AvgIpc) is 3.03. The Balaban J connectivity index is 1.38. The molecule has 0 saturated heterocycles. The number of aromatic amines is 1. The van der Waals surface area contributed by atoms with Crippen molar-refractivity contribution < 1.29 is 4.79 Å². The van der Waals surface area contributed by atoms with Gasteiger partial charge in [0.05, 0.1) is 17.9 Å². The molecule has 8 nitrogen and oxygen atoms in total. The Morgan fingerprint density at radius 3 is 3.14 bits per heavy atom. The fourth-order valence-electron chi connectivity index (χ4n) is 2.40. The second-order valence-electron chi connectivity index (χ2n) is 5.70. The van der Waals surface area contributed by atoms with Gasteiger partial charge in [-0.05, 0) is 32.1 Å². The summed E-state index contributed by atoms with van der Waals surface area (Å²) in [6.07, 6.45) is 9.17. The predicted molar refractivity (Wildman–Crippen MR) is 81.4 cm³/mol. The molecule has 3 N–H and O–H groups in total. The van der Waals surface area contributed by atoms with E-state index in [4.69, 9.17) is 0 Å². The average molecular weight is 303 g/mol. The van der Waals surface area contributed by atoms with Gasteiger partial charge in [0.1, 0.15) is 12.2 Å². The van der Waals surface area contributed by atoms with Crippen LogP contribution in [0.4, 0.5) is 10.5 Å². The van der Waals surface area contributed by atoms with Crippen LogP contribution in [-0.2, 0) is 6.42 Å². The van der Waals surface area contributed by atoms with E-state index in [1.807, 2.05) is 10.9 Å². The maximum Gasteiger partial charge on any atom is 0.319 e. The number of nitrogens with zero attached hydrogens (tertiary/aromatic N) is 4. The standard InChI is InChI=1S/C14H21N7O/c1-10(11-4-5-11)21-8-12(7-18-21)19-14(22)15-6-2-3-13-16-9-17-20-13/h7-11H,2-6H2,1H3,(H2,15,19,22)(H,16,17,20)/t10-/m0/s1. The van der Waals surface area contributed by atoms with Crippen LogP contribution in [0.5, 0.6) is 0 Å². The number of carbonyl (C=O) groups is 1. The SMILES string of the molecule is C[C@@H](C1CC1)n1cc(NC(=O)NCCCc2ncn[nH]2)cn1.